The normalized spacial score (nSPS) is 14.9. The molecular formula is C12H24N2O4. The number of hydrogen-bond acceptors (Lipinski definition) is 4. The predicted molar refractivity (Wildman–Crippen MR) is 68.3 cm³/mol. The van der Waals surface area contributed by atoms with Gasteiger partial charge in [-0.05, 0) is 27.7 Å². The van der Waals surface area contributed by atoms with E-state index in [9.17, 15) is 14.7 Å². The second-order valence-corrected chi connectivity index (χ2v) is 5.77. The first-order valence-corrected chi connectivity index (χ1v) is 5.98. The molecule has 0 aliphatic carbocycles. The van der Waals surface area contributed by atoms with Gasteiger partial charge in [0.2, 0.25) is 5.91 Å². The number of carbonyl (C=O) groups is 2. The van der Waals surface area contributed by atoms with E-state index in [1.165, 1.54) is 6.92 Å². The van der Waals surface area contributed by atoms with Crippen LogP contribution in [0.1, 0.15) is 40.5 Å². The minimum atomic E-state index is -1.42. The van der Waals surface area contributed by atoms with Crippen LogP contribution in [-0.2, 0) is 9.59 Å². The van der Waals surface area contributed by atoms with Gasteiger partial charge in [-0.1, -0.05) is 0 Å². The van der Waals surface area contributed by atoms with Gasteiger partial charge in [-0.3, -0.25) is 9.59 Å². The SMILES string of the molecule is CC(O)(CNC(=O)CCNC(C)(C)C)CC(=O)O. The lowest BCUT2D eigenvalue weighted by Crippen LogP contribution is -2.43. The molecule has 0 aliphatic heterocycles. The molecule has 0 heterocycles. The topological polar surface area (TPSA) is 98.7 Å². The van der Waals surface area contributed by atoms with E-state index in [0.717, 1.165) is 0 Å². The summed E-state index contributed by atoms with van der Waals surface area (Å²) in [7, 11) is 0. The molecule has 1 unspecified atom stereocenters. The highest BCUT2D eigenvalue weighted by Gasteiger charge is 2.24. The zero-order valence-electron chi connectivity index (χ0n) is 11.5. The number of rotatable bonds is 7. The first-order chi connectivity index (χ1) is 8.02. The summed E-state index contributed by atoms with van der Waals surface area (Å²) in [5.74, 6) is -1.30. The third-order valence-corrected chi connectivity index (χ3v) is 2.21. The van der Waals surface area contributed by atoms with Crippen molar-refractivity contribution in [2.75, 3.05) is 13.1 Å². The monoisotopic (exact) mass is 260 g/mol. The van der Waals surface area contributed by atoms with Crippen LogP contribution in [0.5, 0.6) is 0 Å². The number of carbonyl (C=O) groups excluding carboxylic acids is 1. The number of carboxylic acids is 1. The fraction of sp³-hybridized carbons (Fsp3) is 0.833. The molecule has 0 aromatic rings. The largest absolute Gasteiger partial charge is 0.481 e. The lowest BCUT2D eigenvalue weighted by Gasteiger charge is -2.22. The number of amides is 1. The third-order valence-electron chi connectivity index (χ3n) is 2.21. The number of nitrogens with one attached hydrogen (secondary N) is 2. The first-order valence-electron chi connectivity index (χ1n) is 5.98. The van der Waals surface area contributed by atoms with Crippen LogP contribution >= 0.6 is 0 Å². The van der Waals surface area contributed by atoms with Gasteiger partial charge in [0.25, 0.3) is 0 Å². The maximum atomic E-state index is 11.5. The van der Waals surface area contributed by atoms with Crippen molar-refractivity contribution < 1.29 is 19.8 Å². The Bertz CT molecular complexity index is 295. The van der Waals surface area contributed by atoms with Crippen LogP contribution in [0.15, 0.2) is 0 Å². The second-order valence-electron chi connectivity index (χ2n) is 5.77. The third kappa shape index (κ3) is 10.0. The second kappa shape index (κ2) is 6.70. The molecular weight excluding hydrogens is 236 g/mol. The minimum absolute atomic E-state index is 0.0465. The maximum Gasteiger partial charge on any atom is 0.306 e. The van der Waals surface area contributed by atoms with E-state index in [-0.39, 0.29) is 18.0 Å². The average molecular weight is 260 g/mol. The van der Waals surface area contributed by atoms with E-state index >= 15 is 0 Å². The molecule has 1 amide bonds. The summed E-state index contributed by atoms with van der Waals surface area (Å²) < 4.78 is 0. The Labute approximate surface area is 108 Å². The smallest absolute Gasteiger partial charge is 0.306 e. The Morgan fingerprint density at radius 2 is 1.72 bits per heavy atom. The van der Waals surface area contributed by atoms with Crippen LogP contribution in [0.4, 0.5) is 0 Å². The molecule has 0 aromatic heterocycles. The molecule has 0 fully saturated rings. The van der Waals surface area contributed by atoms with E-state index in [0.29, 0.717) is 13.0 Å². The van der Waals surface area contributed by atoms with Crippen molar-refractivity contribution in [1.29, 1.82) is 0 Å². The van der Waals surface area contributed by atoms with Gasteiger partial charge in [0, 0.05) is 25.0 Å². The summed E-state index contributed by atoms with van der Waals surface area (Å²) >= 11 is 0. The Kier molecular flexibility index (Phi) is 6.28. The Morgan fingerprint density at radius 1 is 1.17 bits per heavy atom. The molecule has 6 nitrogen and oxygen atoms in total. The van der Waals surface area contributed by atoms with Crippen molar-refractivity contribution in [3.63, 3.8) is 0 Å². The van der Waals surface area contributed by atoms with E-state index in [4.69, 9.17) is 5.11 Å². The van der Waals surface area contributed by atoms with E-state index in [1.54, 1.807) is 0 Å². The highest BCUT2D eigenvalue weighted by molar-refractivity contribution is 5.76. The molecule has 6 heteroatoms. The lowest BCUT2D eigenvalue weighted by atomic mass is 10.0. The first kappa shape index (κ1) is 16.9. The molecule has 0 rings (SSSR count). The molecule has 0 spiro atoms. The number of hydrogen-bond donors (Lipinski definition) is 4. The van der Waals surface area contributed by atoms with Gasteiger partial charge in [0.15, 0.2) is 0 Å². The molecule has 1 atom stereocenters. The van der Waals surface area contributed by atoms with Gasteiger partial charge in [0.1, 0.15) is 0 Å². The maximum absolute atomic E-state index is 11.5. The summed E-state index contributed by atoms with van der Waals surface area (Å²) in [6.07, 6.45) is -0.103. The Hall–Kier alpha value is -1.14. The molecule has 106 valence electrons. The molecule has 0 saturated heterocycles. The number of aliphatic carboxylic acids is 1. The number of carboxylic acid groups (broad SMARTS) is 1. The van der Waals surface area contributed by atoms with Crippen LogP contribution < -0.4 is 10.6 Å². The average Bonchev–Trinajstić information content (AvgIpc) is 2.10. The summed E-state index contributed by atoms with van der Waals surface area (Å²) in [6, 6.07) is 0. The Morgan fingerprint density at radius 3 is 2.17 bits per heavy atom. The van der Waals surface area contributed by atoms with Crippen LogP contribution in [0.3, 0.4) is 0 Å². The van der Waals surface area contributed by atoms with Crippen molar-refractivity contribution in [1.82, 2.24) is 10.6 Å². The zero-order valence-corrected chi connectivity index (χ0v) is 11.5. The van der Waals surface area contributed by atoms with Crippen molar-refractivity contribution in [3.8, 4) is 0 Å². The van der Waals surface area contributed by atoms with Gasteiger partial charge in [-0.15, -0.1) is 0 Å². The summed E-state index contributed by atoms with van der Waals surface area (Å²) in [6.45, 7) is 7.87. The molecule has 0 radical (unpaired) electrons. The molecule has 4 N–H and O–H groups in total. The van der Waals surface area contributed by atoms with Crippen LogP contribution in [-0.4, -0.2) is 46.3 Å². The van der Waals surface area contributed by atoms with E-state index in [1.807, 2.05) is 20.8 Å². The van der Waals surface area contributed by atoms with Gasteiger partial charge in [-0.25, -0.2) is 0 Å². The minimum Gasteiger partial charge on any atom is -0.481 e. The van der Waals surface area contributed by atoms with Gasteiger partial charge >= 0.3 is 5.97 Å². The summed E-state index contributed by atoms with van der Waals surface area (Å²) in [5.41, 5.74) is -1.46. The van der Waals surface area contributed by atoms with Crippen LogP contribution in [0.25, 0.3) is 0 Å². The van der Waals surface area contributed by atoms with Crippen molar-refractivity contribution in [2.24, 2.45) is 0 Å². The molecule has 0 saturated carbocycles. The standard InChI is InChI=1S/C12H24N2O4/c1-11(2,3)14-6-5-9(15)13-8-12(4,18)7-10(16)17/h14,18H,5-8H2,1-4H3,(H,13,15)(H,16,17). The van der Waals surface area contributed by atoms with Crippen molar-refractivity contribution in [2.45, 2.75) is 51.7 Å². The molecule has 0 bridgehead atoms. The van der Waals surface area contributed by atoms with E-state index < -0.39 is 18.0 Å². The van der Waals surface area contributed by atoms with Crippen LogP contribution in [0, 0.1) is 0 Å². The predicted octanol–water partition coefficient (Wildman–Crippen LogP) is 0.107. The van der Waals surface area contributed by atoms with Crippen molar-refractivity contribution >= 4 is 11.9 Å². The van der Waals surface area contributed by atoms with Crippen molar-refractivity contribution in [3.05, 3.63) is 0 Å². The summed E-state index contributed by atoms with van der Waals surface area (Å²) in [5, 5.41) is 23.9. The number of aliphatic hydroxyl groups is 1. The lowest BCUT2D eigenvalue weighted by molar-refractivity contribution is -0.142. The fourth-order valence-corrected chi connectivity index (χ4v) is 1.32. The van der Waals surface area contributed by atoms with Gasteiger partial charge in [-0.2, -0.15) is 0 Å². The highest BCUT2D eigenvalue weighted by Crippen LogP contribution is 2.07. The fourth-order valence-electron chi connectivity index (χ4n) is 1.32. The molecule has 18 heavy (non-hydrogen) atoms. The molecule has 0 aliphatic rings. The van der Waals surface area contributed by atoms with Gasteiger partial charge in [0.05, 0.1) is 12.0 Å². The Balaban J connectivity index is 3.86. The van der Waals surface area contributed by atoms with Crippen LogP contribution in [0.2, 0.25) is 0 Å². The quantitative estimate of drug-likeness (QED) is 0.520. The highest BCUT2D eigenvalue weighted by atomic mass is 16.4. The zero-order chi connectivity index (χ0) is 14.4. The van der Waals surface area contributed by atoms with Gasteiger partial charge < -0.3 is 20.8 Å². The summed E-state index contributed by atoms with van der Waals surface area (Å²) in [4.78, 5) is 21.9. The van der Waals surface area contributed by atoms with E-state index in [2.05, 4.69) is 10.6 Å². The molecule has 0 aromatic carbocycles.